The number of likely N-dealkylation sites (N-methyl/N-ethyl adjacent to an activating group) is 2. The molecule has 0 unspecified atom stereocenters. The van der Waals surface area contributed by atoms with Gasteiger partial charge in [0.15, 0.2) is 6.61 Å². The van der Waals surface area contributed by atoms with E-state index in [0.29, 0.717) is 0 Å². The summed E-state index contributed by atoms with van der Waals surface area (Å²) in [5.41, 5.74) is 0. The van der Waals surface area contributed by atoms with Gasteiger partial charge < -0.3 is 49.7 Å². The Labute approximate surface area is 245 Å². The summed E-state index contributed by atoms with van der Waals surface area (Å²) in [5, 5.41) is 2.25. The minimum atomic E-state index is -0.668. The second-order valence-electron chi connectivity index (χ2n) is 6.84. The zero-order valence-corrected chi connectivity index (χ0v) is 25.9. The number of hydrogen-bond donors (Lipinski definition) is 2. The van der Waals surface area contributed by atoms with Crippen molar-refractivity contribution in [3.8, 4) is 0 Å². The SMILES string of the molecule is CCn1cc[n+](C)c1.CNC(=O)OC.COC(=O)COC(=O)N(C)CCN(C)C(=O)OC.COC(=O)OC.N.O=C=O. The summed E-state index contributed by atoms with van der Waals surface area (Å²) in [5.74, 6) is -0.636. The number of imidazole rings is 1. The first-order valence-electron chi connectivity index (χ1n) is 11.4. The summed E-state index contributed by atoms with van der Waals surface area (Å²) in [6.07, 6.45) is 4.17. The van der Waals surface area contributed by atoms with Gasteiger partial charge in [0.25, 0.3) is 0 Å². The van der Waals surface area contributed by atoms with Crippen LogP contribution in [0.1, 0.15) is 6.92 Å². The molecule has 42 heavy (non-hydrogen) atoms. The highest BCUT2D eigenvalue weighted by atomic mass is 16.7. The van der Waals surface area contributed by atoms with Crippen LogP contribution in [0, 0.1) is 0 Å². The van der Waals surface area contributed by atoms with E-state index in [1.165, 1.54) is 59.4 Å². The molecule has 19 heteroatoms. The van der Waals surface area contributed by atoms with Crippen molar-refractivity contribution in [1.29, 1.82) is 0 Å². The number of amides is 3. The molecule has 244 valence electrons. The fraction of sp³-hybridized carbons (Fsp3) is 0.609. The highest BCUT2D eigenvalue weighted by molar-refractivity contribution is 5.75. The van der Waals surface area contributed by atoms with E-state index in [4.69, 9.17) is 9.59 Å². The maximum Gasteiger partial charge on any atom is 0.507 e. The normalized spacial score (nSPS) is 8.05. The molecule has 1 aromatic rings. The predicted molar refractivity (Wildman–Crippen MR) is 143 cm³/mol. The Morgan fingerprint density at radius 3 is 1.57 bits per heavy atom. The molecule has 0 aromatic carbocycles. The van der Waals surface area contributed by atoms with Crippen LogP contribution < -0.4 is 16.0 Å². The molecule has 0 atom stereocenters. The van der Waals surface area contributed by atoms with Crippen LogP contribution in [-0.4, -0.2) is 127 Å². The third kappa shape index (κ3) is 31.3. The van der Waals surface area contributed by atoms with Gasteiger partial charge in [0.1, 0.15) is 12.4 Å². The number of nitrogens with one attached hydrogen (secondary N) is 1. The topological polar surface area (TPSA) is 237 Å². The molecular formula is C23H45N6O13+. The molecule has 4 N–H and O–H groups in total. The van der Waals surface area contributed by atoms with Crippen LogP contribution >= 0.6 is 0 Å². The largest absolute Gasteiger partial charge is 0.507 e. The van der Waals surface area contributed by atoms with Crippen LogP contribution in [0.25, 0.3) is 0 Å². The zero-order valence-electron chi connectivity index (χ0n) is 25.9. The van der Waals surface area contributed by atoms with E-state index in [9.17, 15) is 24.0 Å². The molecule has 1 aromatic heterocycles. The summed E-state index contributed by atoms with van der Waals surface area (Å²) < 4.78 is 29.8. The van der Waals surface area contributed by atoms with Gasteiger partial charge in [-0.05, 0) is 6.92 Å². The average molecular weight is 614 g/mol. The number of methoxy groups -OCH3 is 5. The predicted octanol–water partition coefficient (Wildman–Crippen LogP) is 0.208. The van der Waals surface area contributed by atoms with Crippen LogP contribution in [0.15, 0.2) is 18.7 Å². The molecule has 0 saturated carbocycles. The highest BCUT2D eigenvalue weighted by Gasteiger charge is 2.15. The van der Waals surface area contributed by atoms with E-state index in [2.05, 4.69) is 57.8 Å². The number of nitrogens with zero attached hydrogens (tertiary/aromatic N) is 4. The number of hydrogen-bond acceptors (Lipinski definition) is 14. The molecule has 0 aliphatic rings. The van der Waals surface area contributed by atoms with Gasteiger partial charge in [-0.3, -0.25) is 0 Å². The van der Waals surface area contributed by atoms with Crippen molar-refractivity contribution >= 4 is 36.6 Å². The lowest BCUT2D eigenvalue weighted by Crippen LogP contribution is -2.38. The van der Waals surface area contributed by atoms with Gasteiger partial charge in [-0.15, -0.1) is 0 Å². The minimum Gasteiger partial charge on any atom is -0.466 e. The summed E-state index contributed by atoms with van der Waals surface area (Å²) >= 11 is 0. The van der Waals surface area contributed by atoms with Crippen LogP contribution in [0.4, 0.5) is 19.2 Å². The smallest absolute Gasteiger partial charge is 0.466 e. The van der Waals surface area contributed by atoms with Crippen molar-refractivity contribution in [2.24, 2.45) is 7.05 Å². The molecule has 19 nitrogen and oxygen atoms in total. The van der Waals surface area contributed by atoms with Crippen molar-refractivity contribution in [2.75, 3.05) is 76.4 Å². The third-order valence-electron chi connectivity index (χ3n) is 4.02. The molecule has 0 spiro atoms. The van der Waals surface area contributed by atoms with E-state index < -0.39 is 37.0 Å². The number of rotatable bonds is 6. The van der Waals surface area contributed by atoms with Crippen molar-refractivity contribution in [2.45, 2.75) is 13.5 Å². The Kier molecular flexibility index (Phi) is 36.1. The number of ether oxygens (including phenoxy) is 6. The van der Waals surface area contributed by atoms with Crippen LogP contribution in [0.5, 0.6) is 0 Å². The minimum absolute atomic E-state index is 0. The maximum absolute atomic E-state index is 11.4. The van der Waals surface area contributed by atoms with Crippen molar-refractivity contribution in [3.05, 3.63) is 18.7 Å². The van der Waals surface area contributed by atoms with Crippen LogP contribution in [0.3, 0.4) is 0 Å². The Balaban J connectivity index is -0.000000157. The Morgan fingerprint density at radius 2 is 1.33 bits per heavy atom. The van der Waals surface area contributed by atoms with Gasteiger partial charge in [-0.2, -0.15) is 9.59 Å². The maximum atomic E-state index is 11.4. The molecule has 1 rings (SSSR count). The van der Waals surface area contributed by atoms with E-state index in [1.807, 2.05) is 17.8 Å². The lowest BCUT2D eigenvalue weighted by atomic mass is 10.5. The van der Waals surface area contributed by atoms with Gasteiger partial charge in [0, 0.05) is 34.2 Å². The average Bonchev–Trinajstić information content (AvgIpc) is 3.43. The summed E-state index contributed by atoms with van der Waals surface area (Å²) in [6, 6.07) is 0. The monoisotopic (exact) mass is 613 g/mol. The fourth-order valence-corrected chi connectivity index (χ4v) is 1.80. The Bertz CT molecular complexity index is 877. The second-order valence-corrected chi connectivity index (χ2v) is 6.84. The van der Waals surface area contributed by atoms with E-state index >= 15 is 0 Å². The Morgan fingerprint density at radius 1 is 0.857 bits per heavy atom. The lowest BCUT2D eigenvalue weighted by molar-refractivity contribution is -0.671. The fourth-order valence-electron chi connectivity index (χ4n) is 1.80. The molecule has 0 fully saturated rings. The summed E-state index contributed by atoms with van der Waals surface area (Å²) in [4.78, 5) is 71.6. The number of carbonyl (C=O) groups is 5. The standard InChI is InChI=1S/C10H18N2O6.C6H11N2.C3H7NO2.C3H6O3.CO2.H3N/c1-11(9(14)17-4)5-6-12(2)10(15)18-7-8(13)16-3;1-3-8-5-4-7(2)6-8;1-4-3(5)6-2;1-5-3(4)6-2;2-1-3;/h5-7H2,1-4H3;4-6H,3H2,1-2H3;1-2H3,(H,4,5);1-2H3;;1H3/q;+1;;;;. The van der Waals surface area contributed by atoms with Crippen molar-refractivity contribution < 1.29 is 66.6 Å². The number of aromatic nitrogens is 2. The van der Waals surface area contributed by atoms with Gasteiger partial charge in [-0.1, -0.05) is 0 Å². The molecule has 0 aliphatic carbocycles. The van der Waals surface area contributed by atoms with E-state index in [0.717, 1.165) is 6.54 Å². The van der Waals surface area contributed by atoms with E-state index in [-0.39, 0.29) is 25.4 Å². The van der Waals surface area contributed by atoms with Gasteiger partial charge in [0.2, 0.25) is 6.33 Å². The van der Waals surface area contributed by atoms with Gasteiger partial charge in [-0.25, -0.2) is 33.1 Å². The van der Waals surface area contributed by atoms with Crippen LogP contribution in [0.2, 0.25) is 0 Å². The highest BCUT2D eigenvalue weighted by Crippen LogP contribution is 1.94. The third-order valence-corrected chi connectivity index (χ3v) is 4.02. The molecule has 0 saturated heterocycles. The molecule has 0 radical (unpaired) electrons. The van der Waals surface area contributed by atoms with E-state index in [1.54, 1.807) is 7.05 Å². The van der Waals surface area contributed by atoms with Gasteiger partial charge >= 0.3 is 36.6 Å². The van der Waals surface area contributed by atoms with Gasteiger partial charge in [0.05, 0.1) is 49.1 Å². The molecule has 3 amide bonds. The first kappa shape index (κ1) is 46.9. The van der Waals surface area contributed by atoms with Crippen LogP contribution in [-0.2, 0) is 56.4 Å². The zero-order chi connectivity index (χ0) is 32.8. The molecular weight excluding hydrogens is 568 g/mol. The summed E-state index contributed by atoms with van der Waals surface area (Å²) in [6.45, 7) is 3.29. The molecule has 1 heterocycles. The molecule has 0 aliphatic heterocycles. The first-order chi connectivity index (χ1) is 19.3. The summed E-state index contributed by atoms with van der Waals surface area (Å²) in [7, 11) is 12.9. The first-order valence-corrected chi connectivity index (χ1v) is 11.4. The lowest BCUT2D eigenvalue weighted by Gasteiger charge is -2.20. The quantitative estimate of drug-likeness (QED) is 0.248. The van der Waals surface area contributed by atoms with Crippen molar-refractivity contribution in [3.63, 3.8) is 0 Å². The van der Waals surface area contributed by atoms with Crippen molar-refractivity contribution in [1.82, 2.24) is 25.8 Å². The number of alkyl carbamates (subject to hydrolysis) is 1. The molecule has 0 bridgehead atoms. The number of carbonyl (C=O) groups excluding carboxylic acids is 7. The number of aryl methyl sites for hydroxylation is 2. The second kappa shape index (κ2) is 32.3. The number of esters is 1. The Hall–Kier alpha value is -4.90.